The van der Waals surface area contributed by atoms with Gasteiger partial charge in [-0.3, -0.25) is 0 Å². The third-order valence-electron chi connectivity index (χ3n) is 4.71. The number of nitrogens with zero attached hydrogens (tertiary/aromatic N) is 1. The summed E-state index contributed by atoms with van der Waals surface area (Å²) in [5.74, 6) is 1.95. The molecule has 0 radical (unpaired) electrons. The van der Waals surface area contributed by atoms with E-state index < -0.39 is 0 Å². The predicted molar refractivity (Wildman–Crippen MR) is 115 cm³/mol. The molecule has 0 spiro atoms. The number of hydrogen-bond donors (Lipinski definition) is 0. The van der Waals surface area contributed by atoms with Crippen LogP contribution in [0.3, 0.4) is 0 Å². The van der Waals surface area contributed by atoms with Crippen LogP contribution in [0.1, 0.15) is 37.8 Å². The van der Waals surface area contributed by atoms with E-state index in [2.05, 4.69) is 54.9 Å². The van der Waals surface area contributed by atoms with E-state index in [4.69, 9.17) is 4.74 Å². The number of anilines is 1. The summed E-state index contributed by atoms with van der Waals surface area (Å²) in [5.41, 5.74) is 3.03. The van der Waals surface area contributed by atoms with E-state index in [0.717, 1.165) is 45.1 Å². The summed E-state index contributed by atoms with van der Waals surface area (Å²) in [6, 6.07) is 12.3. The molecular formula is C21H25BrNO2S-. The summed E-state index contributed by atoms with van der Waals surface area (Å²) >= 11 is 5.43. The number of hydrogen-bond acceptors (Lipinski definition) is 4. The Morgan fingerprint density at radius 2 is 2.00 bits per heavy atom. The van der Waals surface area contributed by atoms with E-state index in [9.17, 15) is 5.21 Å². The van der Waals surface area contributed by atoms with Crippen LogP contribution in [-0.2, 0) is 5.41 Å². The molecule has 0 N–H and O–H groups in total. The minimum atomic E-state index is -0.115. The fourth-order valence-corrected chi connectivity index (χ4v) is 4.44. The standard InChI is InChI=1S/C21H25BrNO2S/c1-15-12-17(7-8-19(15)22)26-11-5-4-10-25-16-6-9-20-18(13-16)21(2,3)14-23(20)24/h6-9,12-13H,4-5,10-11,14H2,1-3H3/q-1. The van der Waals surface area contributed by atoms with Gasteiger partial charge in [0.2, 0.25) is 0 Å². The molecule has 3 nitrogen and oxygen atoms in total. The number of halogens is 1. The Morgan fingerprint density at radius 3 is 2.77 bits per heavy atom. The van der Waals surface area contributed by atoms with Crippen LogP contribution in [0, 0.1) is 12.1 Å². The first-order chi connectivity index (χ1) is 12.4. The summed E-state index contributed by atoms with van der Waals surface area (Å²) in [5, 5.41) is 13.0. The molecule has 140 valence electrons. The summed E-state index contributed by atoms with van der Waals surface area (Å²) in [7, 11) is 0. The van der Waals surface area contributed by atoms with Gasteiger partial charge >= 0.3 is 0 Å². The smallest absolute Gasteiger partial charge is 0.119 e. The van der Waals surface area contributed by atoms with Crippen LogP contribution < -0.4 is 9.80 Å². The fourth-order valence-electron chi connectivity index (χ4n) is 3.18. The molecule has 0 saturated carbocycles. The van der Waals surface area contributed by atoms with Crippen LogP contribution in [0.4, 0.5) is 5.69 Å². The number of hydroxylamine groups is 1. The highest BCUT2D eigenvalue weighted by Crippen LogP contribution is 2.41. The SMILES string of the molecule is Cc1cc(SCCCCOc2ccc3c(c2)C(C)(C)CN3[O-])ccc1Br. The van der Waals surface area contributed by atoms with Crippen molar-refractivity contribution in [3.8, 4) is 5.75 Å². The molecule has 1 aliphatic heterocycles. The number of benzene rings is 2. The van der Waals surface area contributed by atoms with Crippen molar-refractivity contribution in [3.63, 3.8) is 0 Å². The van der Waals surface area contributed by atoms with Crippen molar-refractivity contribution >= 4 is 33.4 Å². The normalized spacial score (nSPS) is 15.2. The number of rotatable bonds is 7. The second kappa shape index (κ2) is 8.24. The number of thioether (sulfide) groups is 1. The predicted octanol–water partition coefficient (Wildman–Crippen LogP) is 6.30. The third-order valence-corrected chi connectivity index (χ3v) is 6.68. The quantitative estimate of drug-likeness (QED) is 0.378. The van der Waals surface area contributed by atoms with Crippen molar-refractivity contribution < 1.29 is 4.74 Å². The summed E-state index contributed by atoms with van der Waals surface area (Å²) in [6.45, 7) is 7.55. The molecule has 0 amide bonds. The van der Waals surface area contributed by atoms with Crippen molar-refractivity contribution in [2.75, 3.05) is 24.0 Å². The fraction of sp³-hybridized carbons (Fsp3) is 0.429. The molecule has 3 rings (SSSR count). The first kappa shape index (κ1) is 19.6. The number of aryl methyl sites for hydroxylation is 1. The Bertz CT molecular complexity index is 779. The van der Waals surface area contributed by atoms with Gasteiger partial charge in [0.05, 0.1) is 6.61 Å². The Kier molecular flexibility index (Phi) is 6.21. The van der Waals surface area contributed by atoms with Crippen molar-refractivity contribution in [3.05, 3.63) is 57.2 Å². The van der Waals surface area contributed by atoms with Crippen molar-refractivity contribution in [2.45, 2.75) is 43.9 Å². The lowest BCUT2D eigenvalue weighted by atomic mass is 9.87. The van der Waals surface area contributed by atoms with Crippen LogP contribution in [0.15, 0.2) is 45.8 Å². The summed E-state index contributed by atoms with van der Waals surface area (Å²) < 4.78 is 7.07. The molecule has 1 heterocycles. The van der Waals surface area contributed by atoms with Crippen LogP contribution in [-0.4, -0.2) is 18.9 Å². The zero-order valence-electron chi connectivity index (χ0n) is 15.5. The molecule has 2 aromatic rings. The molecule has 1 aliphatic rings. The lowest BCUT2D eigenvalue weighted by Crippen LogP contribution is -2.23. The van der Waals surface area contributed by atoms with Crippen LogP contribution in [0.5, 0.6) is 5.75 Å². The summed E-state index contributed by atoms with van der Waals surface area (Å²) in [4.78, 5) is 1.31. The lowest BCUT2D eigenvalue weighted by molar-refractivity contribution is 0.309. The monoisotopic (exact) mass is 434 g/mol. The molecule has 5 heteroatoms. The Labute approximate surface area is 168 Å². The van der Waals surface area contributed by atoms with Gasteiger partial charge in [0.25, 0.3) is 0 Å². The minimum Gasteiger partial charge on any atom is -0.758 e. The molecule has 0 fully saturated rings. The van der Waals surface area contributed by atoms with Gasteiger partial charge in [0.1, 0.15) is 5.75 Å². The average Bonchev–Trinajstić information content (AvgIpc) is 2.83. The Hall–Kier alpha value is -1.17. The second-order valence-corrected chi connectivity index (χ2v) is 9.44. The van der Waals surface area contributed by atoms with Gasteiger partial charge in [0, 0.05) is 27.0 Å². The minimum absolute atomic E-state index is 0.115. The van der Waals surface area contributed by atoms with E-state index in [1.807, 2.05) is 30.0 Å². The van der Waals surface area contributed by atoms with E-state index >= 15 is 0 Å². The van der Waals surface area contributed by atoms with Crippen molar-refractivity contribution in [2.24, 2.45) is 0 Å². The average molecular weight is 435 g/mol. The topological polar surface area (TPSA) is 35.5 Å². The van der Waals surface area contributed by atoms with Gasteiger partial charge in [-0.1, -0.05) is 29.8 Å². The molecule has 0 aliphatic carbocycles. The maximum atomic E-state index is 12.0. The molecule has 26 heavy (non-hydrogen) atoms. The maximum absolute atomic E-state index is 12.0. The van der Waals surface area contributed by atoms with Gasteiger partial charge in [-0.15, -0.1) is 11.8 Å². The van der Waals surface area contributed by atoms with E-state index in [1.165, 1.54) is 10.5 Å². The zero-order valence-corrected chi connectivity index (χ0v) is 18.0. The molecule has 0 bridgehead atoms. The highest BCUT2D eigenvalue weighted by molar-refractivity contribution is 9.10. The van der Waals surface area contributed by atoms with Crippen LogP contribution >= 0.6 is 27.7 Å². The molecular weight excluding hydrogens is 410 g/mol. The van der Waals surface area contributed by atoms with Gasteiger partial charge < -0.3 is 15.0 Å². The zero-order chi connectivity index (χ0) is 18.7. The van der Waals surface area contributed by atoms with Gasteiger partial charge in [-0.25, -0.2) is 0 Å². The van der Waals surface area contributed by atoms with Gasteiger partial charge in [-0.05, 0) is 73.0 Å². The molecule has 0 unspecified atom stereocenters. The largest absolute Gasteiger partial charge is 0.758 e. The number of fused-ring (bicyclic) bond motifs is 1. The molecule has 0 aromatic heterocycles. The Morgan fingerprint density at radius 1 is 1.19 bits per heavy atom. The number of ether oxygens (including phenoxy) is 1. The van der Waals surface area contributed by atoms with Gasteiger partial charge in [-0.2, -0.15) is 0 Å². The first-order valence-electron chi connectivity index (χ1n) is 8.98. The van der Waals surface area contributed by atoms with E-state index in [0.29, 0.717) is 13.2 Å². The first-order valence-corrected chi connectivity index (χ1v) is 10.8. The Balaban J connectivity index is 1.42. The van der Waals surface area contributed by atoms with Crippen molar-refractivity contribution in [1.29, 1.82) is 0 Å². The van der Waals surface area contributed by atoms with Gasteiger partial charge in [0.15, 0.2) is 0 Å². The van der Waals surface area contributed by atoms with Crippen LogP contribution in [0.2, 0.25) is 0 Å². The van der Waals surface area contributed by atoms with E-state index in [-0.39, 0.29) is 5.41 Å². The van der Waals surface area contributed by atoms with E-state index in [1.54, 1.807) is 0 Å². The lowest BCUT2D eigenvalue weighted by Gasteiger charge is -2.27. The highest BCUT2D eigenvalue weighted by atomic mass is 79.9. The highest BCUT2D eigenvalue weighted by Gasteiger charge is 2.31. The maximum Gasteiger partial charge on any atom is 0.119 e. The third kappa shape index (κ3) is 4.56. The second-order valence-electron chi connectivity index (χ2n) is 7.41. The molecule has 0 saturated heterocycles. The van der Waals surface area contributed by atoms with Crippen LogP contribution in [0.25, 0.3) is 0 Å². The molecule has 2 aromatic carbocycles. The molecule has 0 atom stereocenters. The summed E-state index contributed by atoms with van der Waals surface area (Å²) in [6.07, 6.45) is 2.14. The van der Waals surface area contributed by atoms with Crippen molar-refractivity contribution in [1.82, 2.24) is 0 Å². The number of unbranched alkanes of at least 4 members (excludes halogenated alkanes) is 1.